The van der Waals surface area contributed by atoms with Gasteiger partial charge in [-0.25, -0.2) is 0 Å². The average molecular weight is 1300 g/mol. The fourth-order valence-corrected chi connectivity index (χ4v) is 17.5. The van der Waals surface area contributed by atoms with Gasteiger partial charge < -0.3 is 34.0 Å². The Hall–Kier alpha value is -6.01. The summed E-state index contributed by atoms with van der Waals surface area (Å²) in [5.74, 6) is -0.600. The first-order valence-corrected chi connectivity index (χ1v) is 26.8. The first kappa shape index (κ1) is 63.2. The van der Waals surface area contributed by atoms with Gasteiger partial charge in [-0.05, 0) is 157 Å². The van der Waals surface area contributed by atoms with Crippen LogP contribution in [0, 0.1) is 0 Å². The van der Waals surface area contributed by atoms with Gasteiger partial charge in [-0.3, -0.25) is 4.79 Å². The molecule has 23 heteroatoms. The molecule has 0 atom stereocenters. The Labute approximate surface area is 466 Å². The third-order valence-electron chi connectivity index (χ3n) is 13.1. The molecule has 0 amide bonds. The predicted octanol–water partition coefficient (Wildman–Crippen LogP) is 10.0. The van der Waals surface area contributed by atoms with E-state index in [1.807, 2.05) is 0 Å². The zero-order valence-electron chi connectivity index (χ0n) is 40.3. The third-order valence-corrected chi connectivity index (χ3v) is 21.8. The highest BCUT2D eigenvalue weighted by Gasteiger charge is 2.49. The van der Waals surface area contributed by atoms with Gasteiger partial charge in [0.2, 0.25) is 0 Å². The van der Waals surface area contributed by atoms with Gasteiger partial charge in [-0.15, -0.1) is 0 Å². The number of carbonyl (C=O) groups excluding carboxylic acids is 1. The Morgan fingerprint density at radius 1 is 0.250 bits per heavy atom. The molecule has 1 nitrogen and oxygen atoms in total. The topological polar surface area (TPSA) is 17.1 Å². The summed E-state index contributed by atoms with van der Waals surface area (Å²) in [5.41, 5.74) is -5.59. The molecule has 0 aliphatic heterocycles. The molecule has 0 N–H and O–H groups in total. The van der Waals surface area contributed by atoms with Crippen molar-refractivity contribution in [3.8, 4) is 0 Å². The number of hydrogen-bond acceptors (Lipinski definition) is 1. The second-order valence-electron chi connectivity index (χ2n) is 17.9. The molecule has 0 aliphatic carbocycles. The van der Waals surface area contributed by atoms with Crippen molar-refractivity contribution in [2.24, 2.45) is 0 Å². The Morgan fingerprint density at radius 2 is 0.400 bits per heavy atom. The van der Waals surface area contributed by atoms with Crippen LogP contribution in [0.3, 0.4) is 0 Å². The van der Waals surface area contributed by atoms with E-state index in [9.17, 15) is 83.8 Å². The molecule has 0 heterocycles. The van der Waals surface area contributed by atoms with E-state index in [4.69, 9.17) is 0 Å². The normalized spacial score (nSPS) is 12.8. The van der Waals surface area contributed by atoms with Crippen LogP contribution in [0.15, 0.2) is 194 Å². The van der Waals surface area contributed by atoms with E-state index in [2.05, 4.69) is 0 Å². The maximum atomic E-state index is 14.1. The molecule has 8 rings (SSSR count). The number of ketones is 1. The summed E-state index contributed by atoms with van der Waals surface area (Å²) in [5, 5.41) is 0.982. The zero-order valence-corrected chi connectivity index (χ0v) is 45.2. The van der Waals surface area contributed by atoms with Crippen molar-refractivity contribution in [2.45, 2.75) is 49.4 Å². The van der Waals surface area contributed by atoms with Crippen molar-refractivity contribution in [3.63, 3.8) is 0 Å². The van der Waals surface area contributed by atoms with E-state index in [0.717, 1.165) is 146 Å². The van der Waals surface area contributed by atoms with Crippen LogP contribution in [-0.4, -0.2) is 5.78 Å². The lowest BCUT2D eigenvalue weighted by molar-refractivity contribution is -0.138. The fourth-order valence-electron chi connectivity index (χ4n) is 9.11. The van der Waals surface area contributed by atoms with Crippen LogP contribution in [-0.2, 0) is 49.4 Å². The van der Waals surface area contributed by atoms with Crippen molar-refractivity contribution < 1.29 is 118 Å². The highest BCUT2D eigenvalue weighted by molar-refractivity contribution is 7.95. The second kappa shape index (κ2) is 23.5. The van der Waals surface area contributed by atoms with Crippen molar-refractivity contribution >= 4 is 52.1 Å². The lowest BCUT2D eigenvalue weighted by Crippen LogP contribution is -3.00. The summed E-state index contributed by atoms with van der Waals surface area (Å²) in [6.07, 6.45) is -29.2. The van der Waals surface area contributed by atoms with Crippen LogP contribution in [0.25, 0.3) is 0 Å². The fraction of sp³-hybridized carbons (Fsp3) is 0.140. The van der Waals surface area contributed by atoms with E-state index in [0.29, 0.717) is 11.1 Å². The van der Waals surface area contributed by atoms with Gasteiger partial charge in [0, 0.05) is 11.1 Å². The highest BCUT2D eigenvalue weighted by Crippen LogP contribution is 2.60. The zero-order chi connectivity index (χ0) is 56.9. The van der Waals surface area contributed by atoms with Crippen LogP contribution in [0.2, 0.25) is 0 Å². The van der Waals surface area contributed by atoms with E-state index < -0.39 is 90.7 Å². The number of benzene rings is 8. The van der Waals surface area contributed by atoms with Crippen molar-refractivity contribution in [1.29, 1.82) is 0 Å². The lowest BCUT2D eigenvalue weighted by Gasteiger charge is -2.29. The first-order chi connectivity index (χ1) is 36.3. The van der Waals surface area contributed by atoms with Crippen LogP contribution in [0.5, 0.6) is 0 Å². The molecule has 0 fully saturated rings. The smallest absolute Gasteiger partial charge is 0.416 e. The molecular formula is C57H36Br2F18OP2. The summed E-state index contributed by atoms with van der Waals surface area (Å²) in [6, 6.07) is 33.9. The highest BCUT2D eigenvalue weighted by atomic mass is 79.9. The van der Waals surface area contributed by atoms with Crippen molar-refractivity contribution in [3.05, 3.63) is 250 Å². The largest absolute Gasteiger partial charge is 1.00 e. The van der Waals surface area contributed by atoms with E-state index >= 15 is 0 Å². The van der Waals surface area contributed by atoms with E-state index in [-0.39, 0.29) is 89.2 Å². The molecule has 0 aliphatic rings. The van der Waals surface area contributed by atoms with Gasteiger partial charge in [0.25, 0.3) is 0 Å². The Morgan fingerprint density at radius 3 is 0.537 bits per heavy atom. The maximum absolute atomic E-state index is 14.1. The van der Waals surface area contributed by atoms with Gasteiger partial charge in [0.05, 0.1) is 45.7 Å². The molecule has 0 bridgehead atoms. The van der Waals surface area contributed by atoms with Crippen LogP contribution >= 0.6 is 14.5 Å². The first-order valence-electron chi connectivity index (χ1n) is 22.9. The Bertz CT molecular complexity index is 2860. The molecular weight excluding hydrogens is 1260 g/mol. The monoisotopic (exact) mass is 1300 g/mol. The lowest BCUT2D eigenvalue weighted by atomic mass is 10.0. The minimum atomic E-state index is -4.81. The summed E-state index contributed by atoms with van der Waals surface area (Å²) >= 11 is 0. The maximum Gasteiger partial charge on any atom is 0.416 e. The number of alkyl halides is 18. The second-order valence-corrected chi connectivity index (χ2v) is 24.9. The molecule has 8 aromatic carbocycles. The standard InChI is InChI=1S/C57H36F18OP2.2BrH/c58-52(59,60)39-9-21-45(22-10-39)77(46-23-11-40(12-24-46)53(61,62)63,47-25-13-41(14-26-47)54(64,65)66)33-35-1-5-37(6-2-35)51(76)38-7-3-36(4-8-38)34-78(48-27-15-42(16-28-48)55(67,68)69,49-29-17-43(18-30-49)56(70,71)72)50-31-19-44(20-32-50)57(73,74)75;;/h1-32H,33-34H2;2*1H/q+2;;/p-2. The molecule has 0 radical (unpaired) electrons. The number of hydrogen-bond donors (Lipinski definition) is 0. The minimum Gasteiger partial charge on any atom is -1.00 e. The molecule has 0 saturated carbocycles. The van der Waals surface area contributed by atoms with Crippen LogP contribution in [0.1, 0.15) is 60.4 Å². The van der Waals surface area contributed by atoms with Crippen molar-refractivity contribution in [2.75, 3.05) is 0 Å². The summed E-state index contributed by atoms with van der Waals surface area (Å²) in [7, 11) is -7.09. The SMILES string of the molecule is O=C(c1ccc(C[P+](c2ccc(C(F)(F)F)cc2)(c2ccc(C(F)(F)F)cc2)c2ccc(C(F)(F)F)cc2)cc1)c1ccc(C[P+](c2ccc(C(F)(F)F)cc2)(c2ccc(C(F)(F)F)cc2)c2ccc(C(F)(F)F)cc2)cc1.[Br-].[Br-]. The van der Waals surface area contributed by atoms with Gasteiger partial charge in [0.1, 0.15) is 46.4 Å². The molecule has 0 aromatic heterocycles. The number of rotatable bonds is 12. The summed E-state index contributed by atoms with van der Waals surface area (Å²) in [4.78, 5) is 14.1. The third kappa shape index (κ3) is 13.5. The van der Waals surface area contributed by atoms with Gasteiger partial charge in [0.15, 0.2) is 5.78 Å². The predicted molar refractivity (Wildman–Crippen MR) is 264 cm³/mol. The molecule has 0 spiro atoms. The minimum absolute atomic E-state index is 0. The quantitative estimate of drug-likeness (QED) is 0.0677. The van der Waals surface area contributed by atoms with Gasteiger partial charge in [-0.1, -0.05) is 48.5 Å². The van der Waals surface area contributed by atoms with Gasteiger partial charge in [-0.2, -0.15) is 79.0 Å². The van der Waals surface area contributed by atoms with Crippen LogP contribution in [0.4, 0.5) is 79.0 Å². The Balaban J connectivity index is 0.00000516. The number of halogens is 20. The summed E-state index contributed by atoms with van der Waals surface area (Å²) in [6.45, 7) is 0. The van der Waals surface area contributed by atoms with Gasteiger partial charge >= 0.3 is 37.1 Å². The summed E-state index contributed by atoms with van der Waals surface area (Å²) < 4.78 is 249. The molecule has 0 unspecified atom stereocenters. The molecule has 420 valence electrons. The van der Waals surface area contributed by atoms with Crippen molar-refractivity contribution in [1.82, 2.24) is 0 Å². The average Bonchev–Trinajstić information content (AvgIpc) is 3.57. The van der Waals surface area contributed by atoms with E-state index in [1.54, 1.807) is 0 Å². The number of carbonyl (C=O) groups is 1. The molecule has 80 heavy (non-hydrogen) atoms. The Kier molecular flexibility index (Phi) is 18.5. The molecule has 8 aromatic rings. The van der Waals surface area contributed by atoms with E-state index in [1.165, 1.54) is 48.5 Å². The molecule has 0 saturated heterocycles. The van der Waals surface area contributed by atoms with Crippen LogP contribution < -0.4 is 65.8 Å².